The second-order valence-corrected chi connectivity index (χ2v) is 15.0. The smallest absolute Gasteiger partial charge is 0.161 e. The maximum absolute atomic E-state index is 5.35. The molecule has 0 amide bonds. The molecule has 10 rings (SSSR count). The molecule has 1 aromatic heterocycles. The van der Waals surface area contributed by atoms with Crippen molar-refractivity contribution in [3.05, 3.63) is 205 Å². The molecule has 1 aliphatic rings. The average Bonchev–Trinajstić information content (AvgIpc) is 3.49. The third-order valence-electron chi connectivity index (χ3n) is 11.3. The molecule has 0 fully saturated rings. The molecule has 0 N–H and O–H groups in total. The summed E-state index contributed by atoms with van der Waals surface area (Å²) < 4.78 is 0. The first-order valence-electron chi connectivity index (χ1n) is 19.0. The predicted molar refractivity (Wildman–Crippen MR) is 230 cm³/mol. The average molecular weight is 703 g/mol. The lowest BCUT2D eigenvalue weighted by molar-refractivity contribution is 0.660. The SMILES string of the molecule is CC1(C)c2ccccc2-c2c(-c3cccc(-c4cc(-c5ccc(-c6ccccc6)c(-c6ccccc6)c5)nc(-c5cccc6ccccc56)n4)c3)cccc21. The first-order chi connectivity index (χ1) is 27.0. The maximum Gasteiger partial charge on any atom is 0.161 e. The van der Waals surface area contributed by atoms with Gasteiger partial charge in [0.1, 0.15) is 0 Å². The third kappa shape index (κ3) is 5.66. The van der Waals surface area contributed by atoms with Gasteiger partial charge in [-0.05, 0) is 84.6 Å². The van der Waals surface area contributed by atoms with Gasteiger partial charge in [0.25, 0.3) is 0 Å². The summed E-state index contributed by atoms with van der Waals surface area (Å²) in [5.41, 5.74) is 17.3. The molecule has 1 heterocycles. The monoisotopic (exact) mass is 702 g/mol. The van der Waals surface area contributed by atoms with E-state index in [1.807, 2.05) is 0 Å². The Morgan fingerprint density at radius 1 is 0.345 bits per heavy atom. The molecule has 2 heteroatoms. The van der Waals surface area contributed by atoms with Gasteiger partial charge in [-0.1, -0.05) is 190 Å². The van der Waals surface area contributed by atoms with E-state index in [-0.39, 0.29) is 5.41 Å². The molecule has 0 bridgehead atoms. The van der Waals surface area contributed by atoms with Gasteiger partial charge in [0.05, 0.1) is 11.4 Å². The Balaban J connectivity index is 1.17. The molecule has 0 atom stereocenters. The second kappa shape index (κ2) is 13.2. The Labute approximate surface area is 322 Å². The Morgan fingerprint density at radius 3 is 1.69 bits per heavy atom. The summed E-state index contributed by atoms with van der Waals surface area (Å²) in [5, 5.41) is 2.30. The lowest BCUT2D eigenvalue weighted by Crippen LogP contribution is -2.14. The van der Waals surface area contributed by atoms with Crippen molar-refractivity contribution in [1.29, 1.82) is 0 Å². The molecule has 0 saturated carbocycles. The molecule has 0 radical (unpaired) electrons. The van der Waals surface area contributed by atoms with Crippen LogP contribution in [0.4, 0.5) is 0 Å². The first kappa shape index (κ1) is 32.7. The van der Waals surface area contributed by atoms with Crippen LogP contribution in [0.2, 0.25) is 0 Å². The van der Waals surface area contributed by atoms with E-state index < -0.39 is 0 Å². The van der Waals surface area contributed by atoms with Crippen molar-refractivity contribution in [2.45, 2.75) is 19.3 Å². The summed E-state index contributed by atoms with van der Waals surface area (Å²) in [7, 11) is 0. The third-order valence-corrected chi connectivity index (χ3v) is 11.3. The van der Waals surface area contributed by atoms with Gasteiger partial charge < -0.3 is 0 Å². The van der Waals surface area contributed by atoms with Crippen LogP contribution in [0.3, 0.4) is 0 Å². The number of rotatable bonds is 6. The van der Waals surface area contributed by atoms with Crippen LogP contribution in [0.1, 0.15) is 25.0 Å². The Hall–Kier alpha value is -6.90. The van der Waals surface area contributed by atoms with Crippen LogP contribution in [0.15, 0.2) is 194 Å². The predicted octanol–water partition coefficient (Wildman–Crippen LogP) is 13.9. The number of aromatic nitrogens is 2. The van der Waals surface area contributed by atoms with Crippen molar-refractivity contribution in [3.8, 4) is 78.4 Å². The zero-order valence-corrected chi connectivity index (χ0v) is 30.9. The highest BCUT2D eigenvalue weighted by Gasteiger charge is 2.36. The first-order valence-corrected chi connectivity index (χ1v) is 19.0. The molecular weight excluding hydrogens is 665 g/mol. The topological polar surface area (TPSA) is 25.8 Å². The van der Waals surface area contributed by atoms with E-state index >= 15 is 0 Å². The largest absolute Gasteiger partial charge is 0.228 e. The Kier molecular flexibility index (Phi) is 7.85. The van der Waals surface area contributed by atoms with Gasteiger partial charge in [-0.25, -0.2) is 9.97 Å². The van der Waals surface area contributed by atoms with E-state index in [0.29, 0.717) is 5.82 Å². The molecule has 1 aliphatic carbocycles. The second-order valence-electron chi connectivity index (χ2n) is 15.0. The van der Waals surface area contributed by atoms with Crippen LogP contribution >= 0.6 is 0 Å². The molecular formula is C53H38N2. The van der Waals surface area contributed by atoms with E-state index in [1.165, 1.54) is 55.6 Å². The minimum Gasteiger partial charge on any atom is -0.228 e. The van der Waals surface area contributed by atoms with Crippen LogP contribution in [0.5, 0.6) is 0 Å². The normalized spacial score (nSPS) is 12.7. The minimum absolute atomic E-state index is 0.0663. The minimum atomic E-state index is -0.0663. The number of benzene rings is 8. The molecule has 260 valence electrons. The number of hydrogen-bond acceptors (Lipinski definition) is 2. The molecule has 0 unspecified atom stereocenters. The summed E-state index contributed by atoms with van der Waals surface area (Å²) in [6.07, 6.45) is 0. The van der Waals surface area contributed by atoms with Gasteiger partial charge in [-0.3, -0.25) is 0 Å². The van der Waals surface area contributed by atoms with E-state index in [0.717, 1.165) is 38.9 Å². The zero-order chi connectivity index (χ0) is 36.9. The zero-order valence-electron chi connectivity index (χ0n) is 30.9. The highest BCUT2D eigenvalue weighted by molar-refractivity contribution is 5.96. The van der Waals surface area contributed by atoms with Crippen molar-refractivity contribution in [2.75, 3.05) is 0 Å². The fourth-order valence-corrected chi connectivity index (χ4v) is 8.55. The number of hydrogen-bond donors (Lipinski definition) is 0. The van der Waals surface area contributed by atoms with Gasteiger partial charge >= 0.3 is 0 Å². The van der Waals surface area contributed by atoms with Crippen LogP contribution in [0.25, 0.3) is 89.2 Å². The van der Waals surface area contributed by atoms with E-state index in [1.54, 1.807) is 0 Å². The van der Waals surface area contributed by atoms with Crippen molar-refractivity contribution >= 4 is 10.8 Å². The van der Waals surface area contributed by atoms with Gasteiger partial charge in [0.2, 0.25) is 0 Å². The molecule has 8 aromatic carbocycles. The van der Waals surface area contributed by atoms with E-state index in [2.05, 4.69) is 208 Å². The standard InChI is InChI=1S/C53H38N2/c1-53(2)47-28-12-11-25-45(47)51-43(26-15-29-48(51)53)38-22-13-23-39(32-38)49-34-50(55-52(54-49)44-27-14-21-36-20-9-10-24-41(36)44)40-30-31-42(35-16-5-3-6-17-35)46(33-40)37-18-7-4-8-19-37/h3-34H,1-2H3. The highest BCUT2D eigenvalue weighted by Crippen LogP contribution is 2.52. The van der Waals surface area contributed by atoms with Crippen LogP contribution in [-0.2, 0) is 5.41 Å². The molecule has 0 aliphatic heterocycles. The summed E-state index contributed by atoms with van der Waals surface area (Å²) >= 11 is 0. The van der Waals surface area contributed by atoms with Gasteiger partial charge in [-0.15, -0.1) is 0 Å². The lowest BCUT2D eigenvalue weighted by Gasteiger charge is -2.21. The quantitative estimate of drug-likeness (QED) is 0.172. The molecule has 9 aromatic rings. The maximum atomic E-state index is 5.35. The van der Waals surface area contributed by atoms with Crippen LogP contribution in [-0.4, -0.2) is 9.97 Å². The molecule has 2 nitrogen and oxygen atoms in total. The van der Waals surface area contributed by atoms with Gasteiger partial charge in [0, 0.05) is 22.1 Å². The van der Waals surface area contributed by atoms with E-state index in [4.69, 9.17) is 9.97 Å². The summed E-state index contributed by atoms with van der Waals surface area (Å²) in [6.45, 7) is 4.68. The molecule has 0 spiro atoms. The number of fused-ring (bicyclic) bond motifs is 4. The fourth-order valence-electron chi connectivity index (χ4n) is 8.55. The van der Waals surface area contributed by atoms with Crippen molar-refractivity contribution < 1.29 is 0 Å². The van der Waals surface area contributed by atoms with Crippen molar-refractivity contribution in [2.24, 2.45) is 0 Å². The van der Waals surface area contributed by atoms with Crippen molar-refractivity contribution in [1.82, 2.24) is 9.97 Å². The van der Waals surface area contributed by atoms with Gasteiger partial charge in [0.15, 0.2) is 5.82 Å². The lowest BCUT2D eigenvalue weighted by atomic mass is 9.82. The Bertz CT molecular complexity index is 2880. The van der Waals surface area contributed by atoms with E-state index in [9.17, 15) is 0 Å². The van der Waals surface area contributed by atoms with Crippen LogP contribution < -0.4 is 0 Å². The summed E-state index contributed by atoms with van der Waals surface area (Å²) in [5.74, 6) is 0.708. The highest BCUT2D eigenvalue weighted by atomic mass is 14.9. The van der Waals surface area contributed by atoms with Crippen molar-refractivity contribution in [3.63, 3.8) is 0 Å². The Morgan fingerprint density at radius 2 is 0.891 bits per heavy atom. The summed E-state index contributed by atoms with van der Waals surface area (Å²) in [4.78, 5) is 10.7. The van der Waals surface area contributed by atoms with Crippen LogP contribution in [0, 0.1) is 0 Å². The molecule has 55 heavy (non-hydrogen) atoms. The summed E-state index contributed by atoms with van der Waals surface area (Å²) in [6, 6.07) is 69.6. The van der Waals surface area contributed by atoms with Gasteiger partial charge in [-0.2, -0.15) is 0 Å². The number of nitrogens with zero attached hydrogens (tertiary/aromatic N) is 2. The molecule has 0 saturated heterocycles. The fraction of sp³-hybridized carbons (Fsp3) is 0.0566.